The van der Waals surface area contributed by atoms with Gasteiger partial charge in [0.25, 0.3) is 5.91 Å². The quantitative estimate of drug-likeness (QED) is 0.571. The molecule has 8 nitrogen and oxygen atoms in total. The van der Waals surface area contributed by atoms with E-state index in [1.807, 2.05) is 30.3 Å². The third-order valence-electron chi connectivity index (χ3n) is 5.00. The van der Waals surface area contributed by atoms with Gasteiger partial charge >= 0.3 is 0 Å². The molecule has 1 aromatic carbocycles. The molecular weight excluding hydrogens is 358 g/mol. The summed E-state index contributed by atoms with van der Waals surface area (Å²) in [5.41, 5.74) is 13.2. The number of nitrogens with zero attached hydrogens (tertiary/aromatic N) is 1. The van der Waals surface area contributed by atoms with Crippen molar-refractivity contribution in [2.24, 2.45) is 11.7 Å². The largest absolute Gasteiger partial charge is 0.383 e. The van der Waals surface area contributed by atoms with Crippen molar-refractivity contribution in [3.8, 4) is 0 Å². The minimum absolute atomic E-state index is 0.140. The number of anilines is 2. The van der Waals surface area contributed by atoms with Crippen molar-refractivity contribution in [1.82, 2.24) is 10.3 Å². The summed E-state index contributed by atoms with van der Waals surface area (Å²) < 4.78 is 0. The predicted molar refractivity (Wildman–Crippen MR) is 105 cm³/mol. The molecule has 0 bridgehead atoms. The van der Waals surface area contributed by atoms with Gasteiger partial charge in [0.2, 0.25) is 11.7 Å². The maximum atomic E-state index is 12.8. The summed E-state index contributed by atoms with van der Waals surface area (Å²) in [6.07, 6.45) is 2.44. The van der Waals surface area contributed by atoms with Gasteiger partial charge in [-0.05, 0) is 37.0 Å². The zero-order valence-electron chi connectivity index (χ0n) is 15.5. The highest BCUT2D eigenvalue weighted by Crippen LogP contribution is 2.29. The molecule has 0 aliphatic carbocycles. The Morgan fingerprint density at radius 1 is 1.18 bits per heavy atom. The molecule has 1 aliphatic heterocycles. The second-order valence-electron chi connectivity index (χ2n) is 6.94. The number of carbonyl (C=O) groups is 3. The SMILES string of the molecule is Cc1cc(NC(=O)C(=O)C2NC(c3ccccc3)CCC2C(N)=O)cnc1N. The maximum absolute atomic E-state index is 12.8. The van der Waals surface area contributed by atoms with Crippen LogP contribution < -0.4 is 22.1 Å². The van der Waals surface area contributed by atoms with Crippen LogP contribution in [0, 0.1) is 12.8 Å². The number of ketones is 1. The number of pyridine rings is 1. The number of nitrogen functional groups attached to an aromatic ring is 1. The summed E-state index contributed by atoms with van der Waals surface area (Å²) in [5, 5.41) is 5.66. The van der Waals surface area contributed by atoms with Crippen molar-refractivity contribution < 1.29 is 14.4 Å². The lowest BCUT2D eigenvalue weighted by Gasteiger charge is -2.35. The first kappa shape index (κ1) is 19.5. The van der Waals surface area contributed by atoms with Crippen LogP contribution in [-0.2, 0) is 14.4 Å². The van der Waals surface area contributed by atoms with Crippen LogP contribution in [0.5, 0.6) is 0 Å². The summed E-state index contributed by atoms with van der Waals surface area (Å²) in [6, 6.07) is 10.1. The maximum Gasteiger partial charge on any atom is 0.293 e. The van der Waals surface area contributed by atoms with Crippen LogP contribution in [0.3, 0.4) is 0 Å². The summed E-state index contributed by atoms with van der Waals surface area (Å²) in [7, 11) is 0. The number of aryl methyl sites for hydroxylation is 1. The van der Waals surface area contributed by atoms with Crippen LogP contribution in [0.1, 0.15) is 30.0 Å². The van der Waals surface area contributed by atoms with Gasteiger partial charge in [-0.25, -0.2) is 4.98 Å². The topological polar surface area (TPSA) is 140 Å². The molecule has 0 radical (unpaired) electrons. The van der Waals surface area contributed by atoms with E-state index < -0.39 is 29.6 Å². The van der Waals surface area contributed by atoms with E-state index in [9.17, 15) is 14.4 Å². The normalized spacial score (nSPS) is 21.7. The minimum atomic E-state index is -0.987. The minimum Gasteiger partial charge on any atom is -0.383 e. The van der Waals surface area contributed by atoms with Crippen molar-refractivity contribution in [1.29, 1.82) is 0 Å². The number of piperidine rings is 1. The highest BCUT2D eigenvalue weighted by Gasteiger charge is 2.40. The highest BCUT2D eigenvalue weighted by atomic mass is 16.2. The zero-order chi connectivity index (χ0) is 20.3. The molecule has 6 N–H and O–H groups in total. The first-order valence-electron chi connectivity index (χ1n) is 9.04. The number of benzene rings is 1. The average Bonchev–Trinajstić information content (AvgIpc) is 2.70. The number of rotatable bonds is 5. The number of nitrogens with one attached hydrogen (secondary N) is 2. The zero-order valence-corrected chi connectivity index (χ0v) is 15.5. The average molecular weight is 381 g/mol. The fourth-order valence-corrected chi connectivity index (χ4v) is 3.43. The van der Waals surface area contributed by atoms with Gasteiger partial charge < -0.3 is 16.8 Å². The van der Waals surface area contributed by atoms with Crippen molar-refractivity contribution >= 4 is 29.1 Å². The molecule has 28 heavy (non-hydrogen) atoms. The van der Waals surface area contributed by atoms with Crippen LogP contribution in [0.15, 0.2) is 42.6 Å². The second-order valence-corrected chi connectivity index (χ2v) is 6.94. The van der Waals surface area contributed by atoms with Crippen LogP contribution >= 0.6 is 0 Å². The van der Waals surface area contributed by atoms with E-state index in [2.05, 4.69) is 15.6 Å². The Kier molecular flexibility index (Phi) is 5.70. The molecule has 3 atom stereocenters. The van der Waals surface area contributed by atoms with E-state index in [0.29, 0.717) is 29.9 Å². The first-order valence-corrected chi connectivity index (χ1v) is 9.04. The Hall–Kier alpha value is -3.26. The fraction of sp³-hybridized carbons (Fsp3) is 0.300. The van der Waals surface area contributed by atoms with Gasteiger partial charge in [-0.1, -0.05) is 30.3 Å². The molecule has 2 aromatic rings. The lowest BCUT2D eigenvalue weighted by Crippen LogP contribution is -2.55. The van der Waals surface area contributed by atoms with Crippen molar-refractivity contribution in [3.05, 3.63) is 53.7 Å². The molecule has 3 rings (SSSR count). The lowest BCUT2D eigenvalue weighted by molar-refractivity contribution is -0.139. The fourth-order valence-electron chi connectivity index (χ4n) is 3.43. The van der Waals surface area contributed by atoms with E-state index in [4.69, 9.17) is 11.5 Å². The van der Waals surface area contributed by atoms with E-state index in [1.54, 1.807) is 13.0 Å². The van der Waals surface area contributed by atoms with Crippen LogP contribution in [0.2, 0.25) is 0 Å². The summed E-state index contributed by atoms with van der Waals surface area (Å²) in [4.78, 5) is 41.1. The highest BCUT2D eigenvalue weighted by molar-refractivity contribution is 6.42. The Morgan fingerprint density at radius 2 is 1.89 bits per heavy atom. The second kappa shape index (κ2) is 8.18. The number of primary amides is 1. The van der Waals surface area contributed by atoms with E-state index in [0.717, 1.165) is 5.56 Å². The number of carbonyl (C=O) groups excluding carboxylic acids is 3. The Bertz CT molecular complexity index is 900. The smallest absolute Gasteiger partial charge is 0.293 e. The predicted octanol–water partition coefficient (Wildman–Crippen LogP) is 1.07. The van der Waals surface area contributed by atoms with Gasteiger partial charge in [-0.15, -0.1) is 0 Å². The van der Waals surface area contributed by atoms with E-state index in [-0.39, 0.29) is 6.04 Å². The summed E-state index contributed by atoms with van der Waals surface area (Å²) in [6.45, 7) is 1.75. The van der Waals surface area contributed by atoms with Gasteiger partial charge in [0.1, 0.15) is 5.82 Å². The number of Topliss-reactive ketones (excluding diaryl/α,β-unsaturated/α-hetero) is 1. The molecule has 2 amide bonds. The molecule has 1 fully saturated rings. The van der Waals surface area contributed by atoms with Gasteiger partial charge in [0.05, 0.1) is 23.8 Å². The molecule has 146 valence electrons. The van der Waals surface area contributed by atoms with Crippen LogP contribution in [0.4, 0.5) is 11.5 Å². The van der Waals surface area contributed by atoms with Gasteiger partial charge in [0, 0.05) is 6.04 Å². The van der Waals surface area contributed by atoms with Crippen molar-refractivity contribution in [2.45, 2.75) is 31.8 Å². The number of hydrogen-bond acceptors (Lipinski definition) is 6. The molecule has 8 heteroatoms. The summed E-state index contributed by atoms with van der Waals surface area (Å²) in [5.74, 6) is -2.57. The molecule has 1 aliphatic rings. The monoisotopic (exact) mass is 381 g/mol. The van der Waals surface area contributed by atoms with Crippen molar-refractivity contribution in [2.75, 3.05) is 11.1 Å². The Morgan fingerprint density at radius 3 is 2.54 bits per heavy atom. The molecule has 0 spiro atoms. The third kappa shape index (κ3) is 4.17. The Balaban J connectivity index is 1.77. The van der Waals surface area contributed by atoms with E-state index >= 15 is 0 Å². The molecular formula is C20H23N5O3. The van der Waals surface area contributed by atoms with Gasteiger partial charge in [0.15, 0.2) is 0 Å². The van der Waals surface area contributed by atoms with E-state index in [1.165, 1.54) is 6.20 Å². The van der Waals surface area contributed by atoms with Gasteiger partial charge in [-0.2, -0.15) is 0 Å². The number of nitrogens with two attached hydrogens (primary N) is 2. The van der Waals surface area contributed by atoms with Crippen LogP contribution in [-0.4, -0.2) is 28.6 Å². The lowest BCUT2D eigenvalue weighted by atomic mass is 9.82. The molecule has 1 saturated heterocycles. The molecule has 3 unspecified atom stereocenters. The third-order valence-corrected chi connectivity index (χ3v) is 5.00. The number of hydrogen-bond donors (Lipinski definition) is 4. The number of aromatic nitrogens is 1. The Labute approximate surface area is 162 Å². The van der Waals surface area contributed by atoms with Gasteiger partial charge in [-0.3, -0.25) is 19.7 Å². The summed E-state index contributed by atoms with van der Waals surface area (Å²) >= 11 is 0. The molecule has 1 aromatic heterocycles. The molecule has 2 heterocycles. The molecule has 0 saturated carbocycles. The first-order chi connectivity index (χ1) is 13.4. The van der Waals surface area contributed by atoms with Crippen LogP contribution in [0.25, 0.3) is 0 Å². The van der Waals surface area contributed by atoms with Crippen molar-refractivity contribution in [3.63, 3.8) is 0 Å². The number of amides is 2. The standard InChI is InChI=1S/C20H23N5O3/c1-11-9-13(10-23-18(11)21)24-20(28)17(26)16-14(19(22)27)7-8-15(25-16)12-5-3-2-4-6-12/h2-6,9-10,14-16,25H,7-8H2,1H3,(H2,21,23)(H2,22,27)(H,24,28).